The van der Waals surface area contributed by atoms with Crippen LogP contribution in [-0.2, 0) is 4.79 Å². The second kappa shape index (κ2) is 6.61. The number of anilines is 1. The molecule has 0 radical (unpaired) electrons. The Morgan fingerprint density at radius 1 is 1.35 bits per heavy atom. The molecule has 110 valence electrons. The Balaban J connectivity index is 1.89. The van der Waals surface area contributed by atoms with E-state index in [1.165, 1.54) is 0 Å². The van der Waals surface area contributed by atoms with Crippen molar-refractivity contribution < 1.29 is 9.53 Å². The molecule has 0 bridgehead atoms. The van der Waals surface area contributed by atoms with Crippen molar-refractivity contribution in [3.8, 4) is 5.75 Å². The molecule has 0 spiro atoms. The van der Waals surface area contributed by atoms with Crippen LogP contribution in [0.3, 0.4) is 0 Å². The fourth-order valence-corrected chi connectivity index (χ4v) is 2.53. The Labute approximate surface area is 120 Å². The Hall–Kier alpha value is -1.75. The highest BCUT2D eigenvalue weighted by molar-refractivity contribution is 5.78. The molecule has 5 heteroatoms. The zero-order chi connectivity index (χ0) is 14.5. The summed E-state index contributed by atoms with van der Waals surface area (Å²) < 4.78 is 5.53. The van der Waals surface area contributed by atoms with Gasteiger partial charge in [0, 0.05) is 24.8 Å². The van der Waals surface area contributed by atoms with Gasteiger partial charge in [0.05, 0.1) is 0 Å². The van der Waals surface area contributed by atoms with Gasteiger partial charge in [0.2, 0.25) is 0 Å². The highest BCUT2D eigenvalue weighted by atomic mass is 16.5. The highest BCUT2D eigenvalue weighted by Gasteiger charge is 2.24. The topological polar surface area (TPSA) is 58.8 Å². The van der Waals surface area contributed by atoms with Gasteiger partial charge in [-0.15, -0.1) is 0 Å². The lowest BCUT2D eigenvalue weighted by atomic mass is 10.2. The van der Waals surface area contributed by atoms with Crippen LogP contribution in [0.4, 0.5) is 5.69 Å². The molecule has 1 aliphatic rings. The number of hydrogen-bond acceptors (Lipinski definition) is 4. The molecule has 1 fully saturated rings. The summed E-state index contributed by atoms with van der Waals surface area (Å²) in [7, 11) is 2.09. The Bertz CT molecular complexity index is 447. The number of likely N-dealkylation sites (N-methyl/N-ethyl adjacent to an activating group) is 1. The zero-order valence-corrected chi connectivity index (χ0v) is 12.2. The van der Waals surface area contributed by atoms with Crippen molar-refractivity contribution in [1.82, 2.24) is 9.80 Å². The fraction of sp³-hybridized carbons (Fsp3) is 0.533. The van der Waals surface area contributed by atoms with E-state index in [1.54, 1.807) is 24.3 Å². The van der Waals surface area contributed by atoms with Gasteiger partial charge in [0.1, 0.15) is 5.75 Å². The number of nitrogen functional groups attached to an aromatic ring is 1. The van der Waals surface area contributed by atoms with Gasteiger partial charge in [-0.25, -0.2) is 0 Å². The smallest absolute Gasteiger partial charge is 0.260 e. The molecule has 1 atom stereocenters. The number of carbonyl (C=O) groups is 1. The number of amides is 1. The monoisotopic (exact) mass is 277 g/mol. The third kappa shape index (κ3) is 3.87. The lowest BCUT2D eigenvalue weighted by Gasteiger charge is -2.28. The Morgan fingerprint density at radius 2 is 2.05 bits per heavy atom. The van der Waals surface area contributed by atoms with E-state index >= 15 is 0 Å². The molecule has 2 N–H and O–H groups in total. The van der Waals surface area contributed by atoms with E-state index in [1.807, 2.05) is 4.90 Å². The number of benzene rings is 1. The van der Waals surface area contributed by atoms with Gasteiger partial charge in [-0.05, 0) is 51.2 Å². The summed E-state index contributed by atoms with van der Waals surface area (Å²) in [6, 6.07) is 7.32. The molecule has 1 saturated heterocycles. The lowest BCUT2D eigenvalue weighted by molar-refractivity contribution is -0.135. The van der Waals surface area contributed by atoms with E-state index in [9.17, 15) is 4.79 Å². The first-order valence-electron chi connectivity index (χ1n) is 7.02. The lowest BCUT2D eigenvalue weighted by Crippen LogP contribution is -2.44. The van der Waals surface area contributed by atoms with Crippen LogP contribution in [0, 0.1) is 0 Å². The van der Waals surface area contributed by atoms with Crippen molar-refractivity contribution in [2.24, 2.45) is 0 Å². The Morgan fingerprint density at radius 3 is 2.75 bits per heavy atom. The van der Waals surface area contributed by atoms with Crippen LogP contribution in [0.25, 0.3) is 0 Å². The number of ether oxygens (including phenoxy) is 1. The standard InChI is InChI=1S/C15H23N3O2/c1-12-10-17(2)8-3-9-18(12)15(19)11-20-14-6-4-13(16)5-7-14/h4-7,12H,3,8-11,16H2,1-2H3. The molecule has 1 aromatic carbocycles. The minimum atomic E-state index is 0.0459. The largest absolute Gasteiger partial charge is 0.484 e. The van der Waals surface area contributed by atoms with E-state index in [4.69, 9.17) is 10.5 Å². The minimum Gasteiger partial charge on any atom is -0.484 e. The van der Waals surface area contributed by atoms with Crippen molar-refractivity contribution in [3.05, 3.63) is 24.3 Å². The maximum atomic E-state index is 12.3. The van der Waals surface area contributed by atoms with Gasteiger partial charge in [-0.1, -0.05) is 0 Å². The van der Waals surface area contributed by atoms with Gasteiger partial charge in [-0.3, -0.25) is 4.79 Å². The van der Waals surface area contributed by atoms with Crippen LogP contribution in [0.2, 0.25) is 0 Å². The molecule has 1 heterocycles. The number of rotatable bonds is 3. The van der Waals surface area contributed by atoms with Crippen LogP contribution >= 0.6 is 0 Å². The maximum Gasteiger partial charge on any atom is 0.260 e. The van der Waals surface area contributed by atoms with E-state index in [0.29, 0.717) is 11.4 Å². The first kappa shape index (κ1) is 14.7. The quantitative estimate of drug-likeness (QED) is 0.843. The second-order valence-corrected chi connectivity index (χ2v) is 5.41. The molecule has 1 aromatic rings. The molecule has 1 aliphatic heterocycles. The molecule has 1 unspecified atom stereocenters. The van der Waals surface area contributed by atoms with E-state index < -0.39 is 0 Å². The van der Waals surface area contributed by atoms with E-state index in [0.717, 1.165) is 26.1 Å². The summed E-state index contributed by atoms with van der Waals surface area (Å²) in [5.74, 6) is 0.719. The zero-order valence-electron chi connectivity index (χ0n) is 12.2. The molecular weight excluding hydrogens is 254 g/mol. The molecule has 5 nitrogen and oxygen atoms in total. The van der Waals surface area contributed by atoms with Gasteiger partial charge in [0.15, 0.2) is 6.61 Å². The summed E-state index contributed by atoms with van der Waals surface area (Å²) in [6.07, 6.45) is 1.01. The average molecular weight is 277 g/mol. The molecule has 0 saturated carbocycles. The van der Waals surface area contributed by atoms with Gasteiger partial charge in [0.25, 0.3) is 5.91 Å². The van der Waals surface area contributed by atoms with Crippen LogP contribution < -0.4 is 10.5 Å². The number of nitrogens with zero attached hydrogens (tertiary/aromatic N) is 2. The normalized spacial score (nSPS) is 20.5. The predicted octanol–water partition coefficient (Wildman–Crippen LogP) is 1.20. The maximum absolute atomic E-state index is 12.3. The van der Waals surface area contributed by atoms with Crippen molar-refractivity contribution in [3.63, 3.8) is 0 Å². The third-order valence-electron chi connectivity index (χ3n) is 3.61. The molecule has 1 amide bonds. The molecule has 2 rings (SSSR count). The van der Waals surface area contributed by atoms with Gasteiger partial charge < -0.3 is 20.3 Å². The Kier molecular flexibility index (Phi) is 4.84. The predicted molar refractivity (Wildman–Crippen MR) is 79.6 cm³/mol. The van der Waals surface area contributed by atoms with Crippen LogP contribution in [0.15, 0.2) is 24.3 Å². The van der Waals surface area contributed by atoms with Crippen LogP contribution in [0.5, 0.6) is 5.75 Å². The van der Waals surface area contributed by atoms with Crippen molar-refractivity contribution in [1.29, 1.82) is 0 Å². The first-order valence-corrected chi connectivity index (χ1v) is 7.02. The van der Waals surface area contributed by atoms with Crippen molar-refractivity contribution >= 4 is 11.6 Å². The summed E-state index contributed by atoms with van der Waals surface area (Å²) >= 11 is 0. The van der Waals surface area contributed by atoms with E-state index in [-0.39, 0.29) is 18.6 Å². The van der Waals surface area contributed by atoms with Crippen molar-refractivity contribution in [2.75, 3.05) is 39.0 Å². The van der Waals surface area contributed by atoms with Crippen molar-refractivity contribution in [2.45, 2.75) is 19.4 Å². The van der Waals surface area contributed by atoms with Crippen LogP contribution in [-0.4, -0.2) is 55.0 Å². The first-order chi connectivity index (χ1) is 9.56. The second-order valence-electron chi connectivity index (χ2n) is 5.41. The number of hydrogen-bond donors (Lipinski definition) is 1. The molecular formula is C15H23N3O2. The summed E-state index contributed by atoms with van der Waals surface area (Å²) in [4.78, 5) is 16.4. The number of nitrogens with two attached hydrogens (primary N) is 1. The summed E-state index contributed by atoms with van der Waals surface area (Å²) in [5.41, 5.74) is 6.30. The van der Waals surface area contributed by atoms with E-state index in [2.05, 4.69) is 18.9 Å². The molecule has 0 aromatic heterocycles. The fourth-order valence-electron chi connectivity index (χ4n) is 2.53. The average Bonchev–Trinajstić information content (AvgIpc) is 2.58. The SMILES string of the molecule is CC1CN(C)CCCN1C(=O)COc1ccc(N)cc1. The van der Waals surface area contributed by atoms with Gasteiger partial charge >= 0.3 is 0 Å². The van der Waals surface area contributed by atoms with Crippen LogP contribution in [0.1, 0.15) is 13.3 Å². The third-order valence-corrected chi connectivity index (χ3v) is 3.61. The van der Waals surface area contributed by atoms with Gasteiger partial charge in [-0.2, -0.15) is 0 Å². The number of carbonyl (C=O) groups excluding carboxylic acids is 1. The molecule has 20 heavy (non-hydrogen) atoms. The minimum absolute atomic E-state index is 0.0459. The summed E-state index contributed by atoms with van der Waals surface area (Å²) in [6.45, 7) is 4.91. The molecule has 0 aliphatic carbocycles. The highest BCUT2D eigenvalue weighted by Crippen LogP contribution is 2.14. The summed E-state index contributed by atoms with van der Waals surface area (Å²) in [5, 5.41) is 0.